The van der Waals surface area contributed by atoms with E-state index in [1.54, 1.807) is 0 Å². The molecule has 12 nitrogen and oxygen atoms in total. The Hall–Kier alpha value is -5.78. The number of benzene rings is 2. The van der Waals surface area contributed by atoms with Gasteiger partial charge in [-0.25, -0.2) is 19.0 Å². The number of amides is 2. The second-order valence-corrected chi connectivity index (χ2v) is 14.2. The third-order valence-electron chi connectivity index (χ3n) is 10.2. The molecule has 4 aromatic heterocycles. The number of fused-ring (bicyclic) bond motifs is 2. The number of likely N-dealkylation sites (N-methyl/N-ethyl adjacent to an activating group) is 2. The van der Waals surface area contributed by atoms with Gasteiger partial charge in [0.05, 0.1) is 48.8 Å². The minimum Gasteiger partial charge on any atom is -0.494 e. The molecule has 2 amide bonds. The molecule has 0 bridgehead atoms. The highest BCUT2D eigenvalue weighted by Crippen LogP contribution is 2.30. The maximum atomic E-state index is 13.2. The largest absolute Gasteiger partial charge is 0.494 e. The average molecular weight is 759 g/mol. The van der Waals surface area contributed by atoms with E-state index in [2.05, 4.69) is 0 Å². The summed E-state index contributed by atoms with van der Waals surface area (Å²) in [6.07, 6.45) is 2.11. The Kier molecular flexibility index (Phi) is 12.7. The highest BCUT2D eigenvalue weighted by atomic mass is 16.5. The van der Waals surface area contributed by atoms with E-state index in [-0.39, 0.29) is 24.7 Å². The predicted molar refractivity (Wildman–Crippen MR) is 219 cm³/mol. The molecule has 0 aliphatic carbocycles. The van der Waals surface area contributed by atoms with Crippen LogP contribution in [0.5, 0.6) is 11.5 Å². The van der Waals surface area contributed by atoms with Gasteiger partial charge < -0.3 is 19.3 Å². The normalized spacial score (nSPS) is 11.4. The lowest BCUT2D eigenvalue weighted by atomic mass is 10.0. The fourth-order valence-electron chi connectivity index (χ4n) is 7.20. The van der Waals surface area contributed by atoms with E-state index in [1.807, 2.05) is 135 Å². The zero-order chi connectivity index (χ0) is 39.9. The Balaban J connectivity index is 1.05. The van der Waals surface area contributed by atoms with Crippen LogP contribution in [0.25, 0.3) is 33.8 Å². The first-order valence-corrected chi connectivity index (χ1v) is 19.8. The molecule has 0 spiro atoms. The predicted octanol–water partition coefficient (Wildman–Crippen LogP) is 7.40. The second-order valence-electron chi connectivity index (χ2n) is 14.2. The van der Waals surface area contributed by atoms with Gasteiger partial charge in [-0.2, -0.15) is 10.2 Å². The van der Waals surface area contributed by atoms with Crippen LogP contribution in [0.3, 0.4) is 0 Å². The Morgan fingerprint density at radius 3 is 1.70 bits per heavy atom. The van der Waals surface area contributed by atoms with Crippen LogP contribution in [-0.2, 0) is 22.4 Å². The topological polar surface area (TPSA) is 119 Å². The molecular weight excluding hydrogens is 705 g/mol. The van der Waals surface area contributed by atoms with Gasteiger partial charge in [-0.3, -0.25) is 9.59 Å². The molecule has 12 heteroatoms. The lowest BCUT2D eigenvalue weighted by Crippen LogP contribution is -2.32. The van der Waals surface area contributed by atoms with Crippen LogP contribution in [-0.4, -0.2) is 90.2 Å². The van der Waals surface area contributed by atoms with Crippen LogP contribution < -0.4 is 9.47 Å². The van der Waals surface area contributed by atoms with Crippen LogP contribution in [0.2, 0.25) is 0 Å². The Bertz CT molecular complexity index is 2140. The van der Waals surface area contributed by atoms with Gasteiger partial charge in [-0.1, -0.05) is 0 Å². The number of ether oxygens (including phenoxy) is 2. The molecule has 0 N–H and O–H groups in total. The van der Waals surface area contributed by atoms with Crippen molar-refractivity contribution in [2.75, 3.05) is 39.4 Å². The van der Waals surface area contributed by atoms with Crippen molar-refractivity contribution in [3.05, 3.63) is 94.6 Å². The van der Waals surface area contributed by atoms with E-state index in [1.165, 1.54) is 0 Å². The van der Waals surface area contributed by atoms with Gasteiger partial charge in [-0.15, -0.1) is 0 Å². The molecule has 0 aliphatic heterocycles. The number of carbonyl (C=O) groups is 2. The maximum absolute atomic E-state index is 13.2. The lowest BCUT2D eigenvalue weighted by Gasteiger charge is -2.18. The second kappa shape index (κ2) is 17.8. The molecule has 0 saturated heterocycles. The SMILES string of the molecule is CCN(CC)C(=O)Cc1c(-c2ccc(OCCCCOc3ccc(-c4nc5c(C)cc(C)nn5c4CC(=O)N(CC)CC)cc3)cc2)nn2c(C)cc(C)nc12. The summed E-state index contributed by atoms with van der Waals surface area (Å²) in [5, 5.41) is 9.64. The third kappa shape index (κ3) is 8.69. The summed E-state index contributed by atoms with van der Waals surface area (Å²) in [5.41, 5.74) is 10.2. The summed E-state index contributed by atoms with van der Waals surface area (Å²) >= 11 is 0. The zero-order valence-electron chi connectivity index (χ0n) is 34.1. The van der Waals surface area contributed by atoms with Crippen LogP contribution in [0, 0.1) is 27.7 Å². The van der Waals surface area contributed by atoms with Crippen molar-refractivity contribution in [1.29, 1.82) is 0 Å². The minimum absolute atomic E-state index is 0.0558. The smallest absolute Gasteiger partial charge is 0.228 e. The minimum atomic E-state index is 0.0558. The van der Waals surface area contributed by atoms with E-state index in [0.717, 1.165) is 92.1 Å². The average Bonchev–Trinajstić information content (AvgIpc) is 3.73. The quantitative estimate of drug-likeness (QED) is 0.0884. The van der Waals surface area contributed by atoms with Crippen LogP contribution in [0.15, 0.2) is 60.7 Å². The first-order chi connectivity index (χ1) is 27.0. The Morgan fingerprint density at radius 1 is 0.607 bits per heavy atom. The molecule has 4 heterocycles. The number of unbranched alkanes of at least 4 members (excludes halogenated alkanes) is 1. The summed E-state index contributed by atoms with van der Waals surface area (Å²) in [6.45, 7) is 19.7. The number of nitrogens with zero attached hydrogens (tertiary/aromatic N) is 8. The molecular formula is C44H54N8O4. The first-order valence-electron chi connectivity index (χ1n) is 19.8. The van der Waals surface area contributed by atoms with Crippen molar-refractivity contribution < 1.29 is 19.1 Å². The number of aryl methyl sites for hydroxylation is 4. The van der Waals surface area contributed by atoms with E-state index in [0.29, 0.717) is 39.4 Å². The van der Waals surface area contributed by atoms with Crippen molar-refractivity contribution >= 4 is 23.1 Å². The number of imidazole rings is 1. The summed E-state index contributed by atoms with van der Waals surface area (Å²) < 4.78 is 15.8. The highest BCUT2D eigenvalue weighted by Gasteiger charge is 2.23. The molecule has 0 atom stereocenters. The standard InChI is InChI=1S/C44H54N8O4/c1-9-49(10-2)39(53)27-37-41(48-51-32(8)26-30(6)45-44(37)51)33-15-19-35(20-16-33)55-23-13-14-24-56-36-21-17-34(18-22-36)42-38(28-40(54)50(11-3)12-4)52-43(46-42)29(5)25-31(7)47-52/h15-22,25-26H,9-14,23-24,27-28H2,1-8H3. The number of carbonyl (C=O) groups excluding carboxylic acids is 2. The van der Waals surface area contributed by atoms with Crippen molar-refractivity contribution in [2.24, 2.45) is 0 Å². The molecule has 0 fully saturated rings. The molecule has 0 unspecified atom stereocenters. The van der Waals surface area contributed by atoms with Crippen LogP contribution >= 0.6 is 0 Å². The van der Waals surface area contributed by atoms with Gasteiger partial charge in [-0.05, 0) is 134 Å². The van der Waals surface area contributed by atoms with E-state index >= 15 is 0 Å². The van der Waals surface area contributed by atoms with Gasteiger partial charge >= 0.3 is 0 Å². The number of rotatable bonds is 17. The Morgan fingerprint density at radius 2 is 1.14 bits per heavy atom. The van der Waals surface area contributed by atoms with E-state index in [9.17, 15) is 9.59 Å². The van der Waals surface area contributed by atoms with Gasteiger partial charge in [0.1, 0.15) is 11.5 Å². The van der Waals surface area contributed by atoms with Crippen molar-refractivity contribution in [2.45, 2.75) is 81.1 Å². The fraction of sp³-hybridized carbons (Fsp3) is 0.409. The molecule has 6 aromatic rings. The molecule has 2 aromatic carbocycles. The van der Waals surface area contributed by atoms with Crippen molar-refractivity contribution in [1.82, 2.24) is 39.0 Å². The number of hydrogen-bond acceptors (Lipinski definition) is 8. The first kappa shape index (κ1) is 39.9. The highest BCUT2D eigenvalue weighted by molar-refractivity contribution is 5.85. The van der Waals surface area contributed by atoms with Crippen molar-refractivity contribution in [3.63, 3.8) is 0 Å². The molecule has 294 valence electrons. The van der Waals surface area contributed by atoms with Crippen LogP contribution in [0.4, 0.5) is 0 Å². The molecule has 0 saturated carbocycles. The number of hydrogen-bond donors (Lipinski definition) is 0. The molecule has 6 rings (SSSR count). The summed E-state index contributed by atoms with van der Waals surface area (Å²) in [6, 6.07) is 19.8. The Labute approximate surface area is 329 Å². The monoisotopic (exact) mass is 758 g/mol. The molecule has 56 heavy (non-hydrogen) atoms. The van der Waals surface area contributed by atoms with E-state index < -0.39 is 0 Å². The van der Waals surface area contributed by atoms with Gasteiger partial charge in [0.15, 0.2) is 11.3 Å². The molecule has 0 radical (unpaired) electrons. The third-order valence-corrected chi connectivity index (χ3v) is 10.2. The maximum Gasteiger partial charge on any atom is 0.228 e. The fourth-order valence-corrected chi connectivity index (χ4v) is 7.20. The van der Waals surface area contributed by atoms with E-state index in [4.69, 9.17) is 29.6 Å². The van der Waals surface area contributed by atoms with Crippen molar-refractivity contribution in [3.8, 4) is 34.0 Å². The summed E-state index contributed by atoms with van der Waals surface area (Å²) in [4.78, 5) is 39.8. The lowest BCUT2D eigenvalue weighted by molar-refractivity contribution is -0.130. The molecule has 0 aliphatic rings. The number of aromatic nitrogens is 6. The van der Waals surface area contributed by atoms with Gasteiger partial charge in [0.25, 0.3) is 0 Å². The van der Waals surface area contributed by atoms with Crippen LogP contribution in [0.1, 0.15) is 74.4 Å². The summed E-state index contributed by atoms with van der Waals surface area (Å²) in [5.74, 6) is 1.66. The van der Waals surface area contributed by atoms with Gasteiger partial charge in [0.2, 0.25) is 11.8 Å². The zero-order valence-corrected chi connectivity index (χ0v) is 34.1. The summed E-state index contributed by atoms with van der Waals surface area (Å²) in [7, 11) is 0. The van der Waals surface area contributed by atoms with Gasteiger partial charge in [0, 0.05) is 54.3 Å².